The third kappa shape index (κ3) is 3.52. The lowest BCUT2D eigenvalue weighted by Crippen LogP contribution is -2.07. The molecule has 3 rings (SSSR count). The van der Waals surface area contributed by atoms with E-state index in [0.717, 1.165) is 46.5 Å². The van der Waals surface area contributed by atoms with Crippen LogP contribution >= 0.6 is 23.2 Å². The van der Waals surface area contributed by atoms with Crippen LogP contribution < -0.4 is 0 Å². The molecule has 0 aliphatic carbocycles. The Morgan fingerprint density at radius 1 is 1.24 bits per heavy atom. The van der Waals surface area contributed by atoms with E-state index in [1.54, 1.807) is 13.2 Å². The molecule has 0 amide bonds. The summed E-state index contributed by atoms with van der Waals surface area (Å²) in [6.45, 7) is 4.87. The summed E-state index contributed by atoms with van der Waals surface area (Å²) in [7, 11) is 1.72. The molecule has 0 aliphatic rings. The van der Waals surface area contributed by atoms with Crippen LogP contribution in [0.15, 0.2) is 24.4 Å². The van der Waals surface area contributed by atoms with Crippen LogP contribution in [-0.2, 0) is 11.2 Å². The van der Waals surface area contributed by atoms with Crippen LogP contribution in [0.2, 0.25) is 10.0 Å². The second kappa shape index (κ2) is 7.73. The Morgan fingerprint density at radius 2 is 2.04 bits per heavy atom. The van der Waals surface area contributed by atoms with Gasteiger partial charge in [-0.3, -0.25) is 4.98 Å². The Labute approximate surface area is 157 Å². The van der Waals surface area contributed by atoms with Crippen LogP contribution in [0.5, 0.6) is 0 Å². The predicted molar refractivity (Wildman–Crippen MR) is 104 cm³/mol. The molecule has 2 heterocycles. The third-order valence-corrected chi connectivity index (χ3v) is 4.97. The molecule has 1 atom stereocenters. The molecular weight excluding hydrogens is 357 g/mol. The van der Waals surface area contributed by atoms with Crippen molar-refractivity contribution in [3.8, 4) is 11.3 Å². The number of imidazole rings is 1. The first-order valence-corrected chi connectivity index (χ1v) is 9.16. The summed E-state index contributed by atoms with van der Waals surface area (Å²) in [5.74, 6) is 1.20. The van der Waals surface area contributed by atoms with Crippen molar-refractivity contribution in [1.29, 1.82) is 0 Å². The maximum atomic E-state index is 6.40. The highest BCUT2D eigenvalue weighted by molar-refractivity contribution is 6.36. The summed E-state index contributed by atoms with van der Waals surface area (Å²) in [5, 5.41) is 1.17. The number of benzene rings is 1. The number of methoxy groups -OCH3 is 1. The van der Waals surface area contributed by atoms with Crippen LogP contribution in [-0.4, -0.2) is 28.7 Å². The van der Waals surface area contributed by atoms with Gasteiger partial charge in [0.2, 0.25) is 0 Å². The monoisotopic (exact) mass is 377 g/mol. The Bertz CT molecular complexity index is 892. The number of pyridine rings is 1. The molecule has 2 aromatic heterocycles. The van der Waals surface area contributed by atoms with E-state index in [1.165, 1.54) is 0 Å². The lowest BCUT2D eigenvalue weighted by Gasteiger charge is -2.16. The highest BCUT2D eigenvalue weighted by Crippen LogP contribution is 2.36. The molecule has 0 radical (unpaired) electrons. The van der Waals surface area contributed by atoms with E-state index < -0.39 is 0 Å². The average molecular weight is 378 g/mol. The number of aromatic nitrogens is 3. The summed E-state index contributed by atoms with van der Waals surface area (Å²) in [6.07, 6.45) is 3.70. The largest absolute Gasteiger partial charge is 0.384 e. The summed E-state index contributed by atoms with van der Waals surface area (Å²) in [6, 6.07) is 5.43. The van der Waals surface area contributed by atoms with Crippen molar-refractivity contribution in [3.05, 3.63) is 45.8 Å². The zero-order valence-electron chi connectivity index (χ0n) is 14.6. The molecule has 1 N–H and O–H groups in total. The van der Waals surface area contributed by atoms with Crippen LogP contribution in [0.4, 0.5) is 0 Å². The van der Waals surface area contributed by atoms with Gasteiger partial charge in [0.05, 0.1) is 22.8 Å². The molecule has 1 unspecified atom stereocenters. The van der Waals surface area contributed by atoms with Gasteiger partial charge in [-0.1, -0.05) is 37.0 Å². The molecule has 1 aromatic carbocycles. The van der Waals surface area contributed by atoms with Crippen LogP contribution in [0.25, 0.3) is 22.3 Å². The summed E-state index contributed by atoms with van der Waals surface area (Å²) in [5.41, 5.74) is 4.57. The minimum absolute atomic E-state index is 0.264. The molecule has 3 aromatic rings. The molecule has 0 spiro atoms. The molecule has 0 saturated heterocycles. The number of aryl methyl sites for hydroxylation is 1. The molecule has 0 aliphatic heterocycles. The lowest BCUT2D eigenvalue weighted by molar-refractivity contribution is 0.178. The summed E-state index contributed by atoms with van der Waals surface area (Å²) >= 11 is 12.4. The van der Waals surface area contributed by atoms with E-state index in [4.69, 9.17) is 37.9 Å². The Kier molecular flexibility index (Phi) is 5.62. The standard InChI is InChI=1S/C19H21Cl2N3O/c1-4-11(10-25-3)14-9-22-17(13-7-6-12(20)8-15(13)21)19-18(14)23-16(5-2)24-19/h6-9,11H,4-5,10H2,1-3H3,(H,23,24). The van der Waals surface area contributed by atoms with Gasteiger partial charge in [-0.05, 0) is 24.6 Å². The number of hydrogen-bond acceptors (Lipinski definition) is 3. The van der Waals surface area contributed by atoms with Gasteiger partial charge < -0.3 is 9.72 Å². The Balaban J connectivity index is 2.23. The Morgan fingerprint density at radius 3 is 2.68 bits per heavy atom. The van der Waals surface area contributed by atoms with Crippen LogP contribution in [0, 0.1) is 0 Å². The number of hydrogen-bond donors (Lipinski definition) is 1. The van der Waals surface area contributed by atoms with E-state index in [9.17, 15) is 0 Å². The number of aromatic amines is 1. The smallest absolute Gasteiger partial charge is 0.115 e. The number of halogens is 2. The van der Waals surface area contributed by atoms with Crippen molar-refractivity contribution >= 4 is 34.2 Å². The van der Waals surface area contributed by atoms with E-state index in [1.807, 2.05) is 18.3 Å². The summed E-state index contributed by atoms with van der Waals surface area (Å²) in [4.78, 5) is 12.9. The number of nitrogens with one attached hydrogen (secondary N) is 1. The number of rotatable bonds is 6. The normalized spacial score (nSPS) is 12.7. The second-order valence-corrected chi connectivity index (χ2v) is 6.85. The second-order valence-electron chi connectivity index (χ2n) is 6.01. The highest BCUT2D eigenvalue weighted by atomic mass is 35.5. The average Bonchev–Trinajstić information content (AvgIpc) is 3.04. The SMILES string of the molecule is CCc1nc2c(-c3ccc(Cl)cc3Cl)ncc(C(CC)COC)c2[nH]1. The minimum Gasteiger partial charge on any atom is -0.384 e. The van der Waals surface area contributed by atoms with E-state index in [0.29, 0.717) is 16.7 Å². The molecular formula is C19H21Cl2N3O. The molecule has 25 heavy (non-hydrogen) atoms. The number of ether oxygens (including phenoxy) is 1. The summed E-state index contributed by atoms with van der Waals surface area (Å²) < 4.78 is 5.38. The van der Waals surface area contributed by atoms with Gasteiger partial charge in [0.15, 0.2) is 0 Å². The van der Waals surface area contributed by atoms with Crippen molar-refractivity contribution < 1.29 is 4.74 Å². The molecule has 4 nitrogen and oxygen atoms in total. The van der Waals surface area contributed by atoms with Gasteiger partial charge in [0.25, 0.3) is 0 Å². The highest BCUT2D eigenvalue weighted by Gasteiger charge is 2.20. The Hall–Kier alpha value is -1.62. The molecule has 6 heteroatoms. The minimum atomic E-state index is 0.264. The molecule has 132 valence electrons. The van der Waals surface area contributed by atoms with Crippen molar-refractivity contribution in [2.45, 2.75) is 32.6 Å². The van der Waals surface area contributed by atoms with Crippen molar-refractivity contribution in [2.75, 3.05) is 13.7 Å². The number of H-pyrrole nitrogens is 1. The predicted octanol–water partition coefficient (Wildman–Crippen LogP) is 5.63. The third-order valence-electron chi connectivity index (χ3n) is 4.42. The van der Waals surface area contributed by atoms with Crippen LogP contribution in [0.3, 0.4) is 0 Å². The molecule has 0 bridgehead atoms. The molecule has 0 fully saturated rings. The van der Waals surface area contributed by atoms with Gasteiger partial charge in [0.1, 0.15) is 11.3 Å². The van der Waals surface area contributed by atoms with Gasteiger partial charge in [0, 0.05) is 41.8 Å². The topological polar surface area (TPSA) is 50.8 Å². The van der Waals surface area contributed by atoms with E-state index in [-0.39, 0.29) is 5.92 Å². The van der Waals surface area contributed by atoms with Gasteiger partial charge >= 0.3 is 0 Å². The fourth-order valence-electron chi connectivity index (χ4n) is 3.05. The van der Waals surface area contributed by atoms with Gasteiger partial charge in [-0.25, -0.2) is 4.98 Å². The first-order chi connectivity index (χ1) is 12.1. The van der Waals surface area contributed by atoms with E-state index in [2.05, 4.69) is 18.8 Å². The maximum Gasteiger partial charge on any atom is 0.115 e. The van der Waals surface area contributed by atoms with Crippen molar-refractivity contribution in [2.24, 2.45) is 0 Å². The number of fused-ring (bicyclic) bond motifs is 1. The van der Waals surface area contributed by atoms with Gasteiger partial charge in [-0.2, -0.15) is 0 Å². The van der Waals surface area contributed by atoms with Gasteiger partial charge in [-0.15, -0.1) is 0 Å². The van der Waals surface area contributed by atoms with E-state index >= 15 is 0 Å². The first kappa shape index (κ1) is 18.2. The fraction of sp³-hybridized carbons (Fsp3) is 0.368. The quantitative estimate of drug-likeness (QED) is 0.604. The fourth-order valence-corrected chi connectivity index (χ4v) is 3.54. The zero-order chi connectivity index (χ0) is 18.0. The van der Waals surface area contributed by atoms with Crippen LogP contribution in [0.1, 0.15) is 37.6 Å². The maximum absolute atomic E-state index is 6.40. The zero-order valence-corrected chi connectivity index (χ0v) is 16.1. The molecule has 0 saturated carbocycles. The first-order valence-electron chi connectivity index (χ1n) is 8.40. The lowest BCUT2D eigenvalue weighted by atomic mass is 9.96. The van der Waals surface area contributed by atoms with Crippen molar-refractivity contribution in [3.63, 3.8) is 0 Å². The number of nitrogens with zero attached hydrogens (tertiary/aromatic N) is 2. The van der Waals surface area contributed by atoms with Crippen molar-refractivity contribution in [1.82, 2.24) is 15.0 Å².